The molecule has 128 valence electrons. The van der Waals surface area contributed by atoms with E-state index >= 15 is 0 Å². The summed E-state index contributed by atoms with van der Waals surface area (Å²) in [5.41, 5.74) is 0.774. The van der Waals surface area contributed by atoms with Crippen LogP contribution in [0.5, 0.6) is 0 Å². The van der Waals surface area contributed by atoms with Gasteiger partial charge in [-0.05, 0) is 73.8 Å². The highest BCUT2D eigenvalue weighted by Gasteiger charge is 2.24. The van der Waals surface area contributed by atoms with Gasteiger partial charge in [0, 0.05) is 25.3 Å². The Hall–Kier alpha value is -1.14. The third-order valence-electron chi connectivity index (χ3n) is 3.81. The molecule has 0 aliphatic carbocycles. The first kappa shape index (κ1) is 18.2. The number of likely N-dealkylation sites (tertiary alicyclic amines) is 1. The van der Waals surface area contributed by atoms with Crippen molar-refractivity contribution in [3.05, 3.63) is 28.5 Å². The molecule has 1 amide bonds. The average Bonchev–Trinajstić information content (AvgIpc) is 2.44. The fourth-order valence-corrected chi connectivity index (χ4v) is 3.20. The number of rotatable bonds is 4. The van der Waals surface area contributed by atoms with Gasteiger partial charge in [0.2, 0.25) is 0 Å². The number of nitrogens with one attached hydrogen (secondary N) is 1. The number of hydrogen-bond donors (Lipinski definition) is 1. The second-order valence-corrected chi connectivity index (χ2v) is 7.80. The molecule has 1 aliphatic heterocycles. The Morgan fingerprint density at radius 1 is 1.48 bits per heavy atom. The summed E-state index contributed by atoms with van der Waals surface area (Å²) in [7, 11) is 0. The predicted molar refractivity (Wildman–Crippen MR) is 94.2 cm³/mol. The number of hydrogen-bond acceptors (Lipinski definition) is 4. The number of nitrogens with zero attached hydrogens (tertiary/aromatic N) is 2. The van der Waals surface area contributed by atoms with Gasteiger partial charge in [-0.25, -0.2) is 9.78 Å². The lowest BCUT2D eigenvalue weighted by atomic mass is 10.0. The minimum atomic E-state index is -0.459. The molecule has 1 N–H and O–H groups in total. The van der Waals surface area contributed by atoms with Crippen molar-refractivity contribution in [2.45, 2.75) is 58.2 Å². The Balaban J connectivity index is 1.89. The van der Waals surface area contributed by atoms with E-state index in [1.165, 1.54) is 18.4 Å². The Labute approximate surface area is 146 Å². The molecule has 1 aliphatic rings. The van der Waals surface area contributed by atoms with Gasteiger partial charge in [0.15, 0.2) is 0 Å². The van der Waals surface area contributed by atoms with E-state index in [9.17, 15) is 4.79 Å². The quantitative estimate of drug-likeness (QED) is 0.804. The van der Waals surface area contributed by atoms with E-state index in [4.69, 9.17) is 4.74 Å². The Kier molecular flexibility index (Phi) is 6.41. The number of piperidine rings is 1. The van der Waals surface area contributed by atoms with E-state index in [0.717, 1.165) is 24.1 Å². The number of amides is 1. The molecule has 5 nitrogen and oxygen atoms in total. The highest BCUT2D eigenvalue weighted by molar-refractivity contribution is 9.10. The first-order valence-electron chi connectivity index (χ1n) is 8.15. The van der Waals surface area contributed by atoms with Gasteiger partial charge in [-0.1, -0.05) is 6.42 Å². The zero-order valence-electron chi connectivity index (χ0n) is 14.1. The van der Waals surface area contributed by atoms with Crippen LogP contribution in [-0.4, -0.2) is 40.7 Å². The monoisotopic (exact) mass is 383 g/mol. The van der Waals surface area contributed by atoms with Gasteiger partial charge in [-0.15, -0.1) is 0 Å². The number of ether oxygens (including phenoxy) is 1. The lowest BCUT2D eigenvalue weighted by molar-refractivity contribution is 0.0492. The second kappa shape index (κ2) is 8.11. The van der Waals surface area contributed by atoms with Crippen molar-refractivity contribution < 1.29 is 9.53 Å². The minimum Gasteiger partial charge on any atom is -0.444 e. The van der Waals surface area contributed by atoms with Gasteiger partial charge in [0.05, 0.1) is 0 Å². The zero-order valence-corrected chi connectivity index (χ0v) is 15.7. The van der Waals surface area contributed by atoms with Gasteiger partial charge < -0.3 is 10.1 Å². The van der Waals surface area contributed by atoms with E-state index in [2.05, 4.69) is 31.1 Å². The molecule has 1 fully saturated rings. The standard InChI is InChI=1S/C17H26BrN3O2/c1-17(2,3)23-16(22)20-11-14-6-4-5-9-21(14)12-13-7-8-19-15(18)10-13/h7-8,10,14H,4-6,9,11-12H2,1-3H3,(H,20,22)/t14-/m1/s1. The maximum atomic E-state index is 11.8. The maximum absolute atomic E-state index is 11.8. The highest BCUT2D eigenvalue weighted by Crippen LogP contribution is 2.20. The molecule has 0 spiro atoms. The van der Waals surface area contributed by atoms with Crippen LogP contribution in [0.3, 0.4) is 0 Å². The van der Waals surface area contributed by atoms with Crippen molar-refractivity contribution in [2.24, 2.45) is 0 Å². The molecule has 23 heavy (non-hydrogen) atoms. The van der Waals surface area contributed by atoms with E-state index in [-0.39, 0.29) is 6.09 Å². The van der Waals surface area contributed by atoms with Crippen LogP contribution in [0.25, 0.3) is 0 Å². The first-order valence-corrected chi connectivity index (χ1v) is 8.94. The van der Waals surface area contributed by atoms with E-state index in [1.54, 1.807) is 0 Å². The number of pyridine rings is 1. The van der Waals surface area contributed by atoms with Crippen LogP contribution in [0, 0.1) is 0 Å². The van der Waals surface area contributed by atoms with Crippen LogP contribution >= 0.6 is 15.9 Å². The largest absolute Gasteiger partial charge is 0.444 e. The Morgan fingerprint density at radius 3 is 2.96 bits per heavy atom. The summed E-state index contributed by atoms with van der Waals surface area (Å²) >= 11 is 3.42. The molecule has 2 rings (SSSR count). The second-order valence-electron chi connectivity index (χ2n) is 6.99. The van der Waals surface area contributed by atoms with Crippen molar-refractivity contribution in [1.82, 2.24) is 15.2 Å². The van der Waals surface area contributed by atoms with Crippen molar-refractivity contribution in [3.8, 4) is 0 Å². The zero-order chi connectivity index (χ0) is 16.9. The molecule has 1 atom stereocenters. The third kappa shape index (κ3) is 6.47. The maximum Gasteiger partial charge on any atom is 0.407 e. The number of halogens is 1. The lowest BCUT2D eigenvalue weighted by Crippen LogP contribution is -2.47. The van der Waals surface area contributed by atoms with Gasteiger partial charge in [0.25, 0.3) is 0 Å². The highest BCUT2D eigenvalue weighted by atomic mass is 79.9. The molecule has 0 saturated carbocycles. The normalized spacial score (nSPS) is 19.4. The van der Waals surface area contributed by atoms with Crippen LogP contribution < -0.4 is 5.32 Å². The summed E-state index contributed by atoms with van der Waals surface area (Å²) in [5, 5.41) is 2.91. The Bertz CT molecular complexity index is 531. The third-order valence-corrected chi connectivity index (χ3v) is 4.24. The van der Waals surface area contributed by atoms with Gasteiger partial charge in [0.1, 0.15) is 10.2 Å². The number of alkyl carbamates (subject to hydrolysis) is 1. The predicted octanol–water partition coefficient (Wildman–Crippen LogP) is 3.72. The molecular weight excluding hydrogens is 358 g/mol. The van der Waals surface area contributed by atoms with E-state index < -0.39 is 5.60 Å². The van der Waals surface area contributed by atoms with Crippen LogP contribution in [0.4, 0.5) is 4.79 Å². The summed E-state index contributed by atoms with van der Waals surface area (Å²) in [6.07, 6.45) is 4.99. The van der Waals surface area contributed by atoms with Crippen LogP contribution in [0.1, 0.15) is 45.6 Å². The number of carbonyl (C=O) groups is 1. The molecule has 0 radical (unpaired) electrons. The van der Waals surface area contributed by atoms with Crippen LogP contribution in [0.2, 0.25) is 0 Å². The molecule has 2 heterocycles. The van der Waals surface area contributed by atoms with Crippen molar-refractivity contribution in [1.29, 1.82) is 0 Å². The minimum absolute atomic E-state index is 0.338. The van der Waals surface area contributed by atoms with E-state index in [0.29, 0.717) is 12.6 Å². The Morgan fingerprint density at radius 2 is 2.26 bits per heavy atom. The topological polar surface area (TPSA) is 54.5 Å². The van der Waals surface area contributed by atoms with Gasteiger partial charge in [-0.3, -0.25) is 4.90 Å². The molecule has 0 aromatic carbocycles. The lowest BCUT2D eigenvalue weighted by Gasteiger charge is -2.36. The summed E-state index contributed by atoms with van der Waals surface area (Å²) in [4.78, 5) is 18.4. The summed E-state index contributed by atoms with van der Waals surface area (Å²) in [5.74, 6) is 0. The van der Waals surface area contributed by atoms with Crippen LogP contribution in [-0.2, 0) is 11.3 Å². The summed E-state index contributed by atoms with van der Waals surface area (Å²) in [6, 6.07) is 4.44. The van der Waals surface area contributed by atoms with Crippen molar-refractivity contribution >= 4 is 22.0 Å². The molecule has 1 aromatic rings. The summed E-state index contributed by atoms with van der Waals surface area (Å²) < 4.78 is 6.17. The fourth-order valence-electron chi connectivity index (χ4n) is 2.79. The molecule has 1 aromatic heterocycles. The van der Waals surface area contributed by atoms with Crippen LogP contribution in [0.15, 0.2) is 22.9 Å². The average molecular weight is 384 g/mol. The molecule has 0 bridgehead atoms. The SMILES string of the molecule is CC(C)(C)OC(=O)NC[C@H]1CCCCN1Cc1ccnc(Br)c1. The number of carbonyl (C=O) groups excluding carboxylic acids is 1. The van der Waals surface area contributed by atoms with Crippen molar-refractivity contribution in [2.75, 3.05) is 13.1 Å². The molecule has 6 heteroatoms. The molecule has 0 unspecified atom stereocenters. The smallest absolute Gasteiger partial charge is 0.407 e. The van der Waals surface area contributed by atoms with E-state index in [1.807, 2.05) is 39.1 Å². The number of aromatic nitrogens is 1. The van der Waals surface area contributed by atoms with Gasteiger partial charge in [-0.2, -0.15) is 0 Å². The summed E-state index contributed by atoms with van der Waals surface area (Å²) in [6.45, 7) is 8.19. The first-order chi connectivity index (χ1) is 10.8. The fraction of sp³-hybridized carbons (Fsp3) is 0.647. The van der Waals surface area contributed by atoms with Crippen molar-refractivity contribution in [3.63, 3.8) is 0 Å². The molecule has 1 saturated heterocycles. The molecular formula is C17H26BrN3O2. The van der Waals surface area contributed by atoms with Gasteiger partial charge >= 0.3 is 6.09 Å².